The van der Waals surface area contributed by atoms with Crippen LogP contribution < -0.4 is 5.32 Å². The van der Waals surface area contributed by atoms with E-state index in [0.717, 1.165) is 0 Å². The Kier molecular flexibility index (Phi) is 4.31. The largest absolute Gasteiger partial charge is 0.392 e. The summed E-state index contributed by atoms with van der Waals surface area (Å²) in [6.45, 7) is -0.204. The van der Waals surface area contributed by atoms with Gasteiger partial charge < -0.3 is 10.4 Å². The molecule has 8 heteroatoms. The van der Waals surface area contributed by atoms with Gasteiger partial charge in [0.1, 0.15) is 0 Å². The second-order valence-corrected chi connectivity index (χ2v) is 5.05. The highest BCUT2D eigenvalue weighted by Gasteiger charge is 2.14. The van der Waals surface area contributed by atoms with Crippen LogP contribution in [0.3, 0.4) is 0 Å². The number of pyridine rings is 1. The summed E-state index contributed by atoms with van der Waals surface area (Å²) in [6.07, 6.45) is 4.47. The molecule has 1 amide bonds. The van der Waals surface area contributed by atoms with E-state index in [4.69, 9.17) is 11.6 Å². The number of aromatic nitrogens is 4. The molecule has 0 bridgehead atoms. The Hall–Kier alpha value is -2.77. The summed E-state index contributed by atoms with van der Waals surface area (Å²) in [4.78, 5) is 16.2. The van der Waals surface area contributed by atoms with E-state index in [-0.39, 0.29) is 12.3 Å². The maximum atomic E-state index is 12.2. The van der Waals surface area contributed by atoms with Crippen LogP contribution in [0, 0.1) is 0 Å². The highest BCUT2D eigenvalue weighted by Crippen LogP contribution is 2.19. The van der Waals surface area contributed by atoms with E-state index in [2.05, 4.69) is 20.6 Å². The number of rotatable bonds is 4. The number of hydrogen-bond acceptors (Lipinski definition) is 5. The quantitative estimate of drug-likeness (QED) is 0.764. The maximum absolute atomic E-state index is 12.2. The van der Waals surface area contributed by atoms with Crippen LogP contribution in [0.2, 0.25) is 5.02 Å². The van der Waals surface area contributed by atoms with Crippen molar-refractivity contribution in [2.24, 2.45) is 0 Å². The van der Waals surface area contributed by atoms with Crippen LogP contribution in [0.25, 0.3) is 5.69 Å². The van der Waals surface area contributed by atoms with Gasteiger partial charge in [0.25, 0.3) is 5.91 Å². The lowest BCUT2D eigenvalue weighted by Gasteiger charge is -2.06. The number of benzene rings is 1. The Balaban J connectivity index is 1.83. The van der Waals surface area contributed by atoms with Gasteiger partial charge in [0.05, 0.1) is 35.4 Å². The van der Waals surface area contributed by atoms with Crippen LogP contribution in [0.1, 0.15) is 16.1 Å². The normalized spacial score (nSPS) is 10.5. The van der Waals surface area contributed by atoms with Gasteiger partial charge in [-0.1, -0.05) is 28.9 Å². The summed E-state index contributed by atoms with van der Waals surface area (Å²) in [7, 11) is 0. The molecule has 2 N–H and O–H groups in total. The zero-order chi connectivity index (χ0) is 16.2. The molecule has 0 aliphatic carbocycles. The van der Waals surface area contributed by atoms with Gasteiger partial charge in [0.15, 0.2) is 5.69 Å². The predicted molar refractivity (Wildman–Crippen MR) is 84.5 cm³/mol. The molecule has 1 aromatic carbocycles. The predicted octanol–water partition coefficient (Wildman–Crippen LogP) is 2.06. The molecule has 3 aromatic rings. The van der Waals surface area contributed by atoms with Gasteiger partial charge in [-0.2, -0.15) is 0 Å². The Morgan fingerprint density at radius 1 is 1.30 bits per heavy atom. The van der Waals surface area contributed by atoms with E-state index in [1.165, 1.54) is 23.3 Å². The van der Waals surface area contributed by atoms with Gasteiger partial charge >= 0.3 is 0 Å². The number of aliphatic hydroxyl groups excluding tert-OH is 1. The van der Waals surface area contributed by atoms with E-state index in [1.54, 1.807) is 24.3 Å². The van der Waals surface area contributed by atoms with Crippen LogP contribution in [0.5, 0.6) is 0 Å². The van der Waals surface area contributed by atoms with Gasteiger partial charge in [-0.15, -0.1) is 5.10 Å². The SMILES string of the molecule is O=C(Nc1cnccc1CO)c1cn(-c2ccccc2Cl)nn1. The molecule has 0 spiro atoms. The van der Waals surface area contributed by atoms with Crippen molar-refractivity contribution in [3.8, 4) is 5.69 Å². The molecule has 7 nitrogen and oxygen atoms in total. The zero-order valence-electron chi connectivity index (χ0n) is 11.8. The molecule has 2 aromatic heterocycles. The standard InChI is InChI=1S/C15H12ClN5O2/c16-11-3-1-2-4-14(11)21-8-13(19-20-21)15(23)18-12-7-17-6-5-10(12)9-22/h1-8,22H,9H2,(H,18,23). The van der Waals surface area contributed by atoms with Gasteiger partial charge in [-0.3, -0.25) is 9.78 Å². The molecule has 2 heterocycles. The summed E-state index contributed by atoms with van der Waals surface area (Å²) in [5.41, 5.74) is 1.73. The first-order valence-corrected chi connectivity index (χ1v) is 7.09. The third kappa shape index (κ3) is 3.20. The van der Waals surface area contributed by atoms with Crippen LogP contribution >= 0.6 is 11.6 Å². The van der Waals surface area contributed by atoms with Crippen LogP contribution in [-0.2, 0) is 6.61 Å². The highest BCUT2D eigenvalue weighted by molar-refractivity contribution is 6.32. The van der Waals surface area contributed by atoms with E-state index in [9.17, 15) is 9.90 Å². The fourth-order valence-corrected chi connectivity index (χ4v) is 2.21. The Labute approximate surface area is 136 Å². The molecule has 0 fully saturated rings. The van der Waals surface area contributed by atoms with E-state index in [0.29, 0.717) is 22.0 Å². The monoisotopic (exact) mass is 329 g/mol. The number of carbonyl (C=O) groups excluding carboxylic acids is 1. The van der Waals surface area contributed by atoms with E-state index in [1.807, 2.05) is 6.07 Å². The maximum Gasteiger partial charge on any atom is 0.277 e. The number of aliphatic hydroxyl groups is 1. The van der Waals surface area contributed by atoms with Gasteiger partial charge in [0.2, 0.25) is 0 Å². The molecule has 0 aliphatic heterocycles. The lowest BCUT2D eigenvalue weighted by molar-refractivity contribution is 0.102. The number of anilines is 1. The number of nitrogens with one attached hydrogen (secondary N) is 1. The molecular formula is C15H12ClN5O2. The summed E-state index contributed by atoms with van der Waals surface area (Å²) >= 11 is 6.09. The number of amides is 1. The smallest absolute Gasteiger partial charge is 0.277 e. The van der Waals surface area contributed by atoms with Crippen molar-refractivity contribution < 1.29 is 9.90 Å². The molecule has 0 saturated heterocycles. The minimum absolute atomic E-state index is 0.123. The summed E-state index contributed by atoms with van der Waals surface area (Å²) in [5.74, 6) is -0.453. The summed E-state index contributed by atoms with van der Waals surface area (Å²) in [6, 6.07) is 8.72. The first-order valence-electron chi connectivity index (χ1n) is 6.71. The summed E-state index contributed by atoms with van der Waals surface area (Å²) < 4.78 is 1.42. The lowest BCUT2D eigenvalue weighted by Crippen LogP contribution is -2.14. The molecule has 0 atom stereocenters. The molecule has 0 unspecified atom stereocenters. The first kappa shape index (κ1) is 15.1. The van der Waals surface area contributed by atoms with Gasteiger partial charge in [-0.25, -0.2) is 4.68 Å². The average molecular weight is 330 g/mol. The van der Waals surface area contributed by atoms with Gasteiger partial charge in [0, 0.05) is 11.8 Å². The molecular weight excluding hydrogens is 318 g/mol. The number of carbonyl (C=O) groups is 1. The minimum atomic E-state index is -0.453. The average Bonchev–Trinajstić information content (AvgIpc) is 3.05. The topological polar surface area (TPSA) is 92.9 Å². The zero-order valence-corrected chi connectivity index (χ0v) is 12.6. The van der Waals surface area contributed by atoms with Crippen LogP contribution in [0.4, 0.5) is 5.69 Å². The first-order chi connectivity index (χ1) is 11.2. The number of hydrogen-bond donors (Lipinski definition) is 2. The second-order valence-electron chi connectivity index (χ2n) is 4.64. The van der Waals surface area contributed by atoms with E-state index < -0.39 is 5.91 Å². The Morgan fingerprint density at radius 2 is 2.13 bits per heavy atom. The number of nitrogens with zero attached hydrogens (tertiary/aromatic N) is 4. The number of para-hydroxylation sites is 1. The Morgan fingerprint density at radius 3 is 2.91 bits per heavy atom. The third-order valence-corrected chi connectivity index (χ3v) is 3.47. The van der Waals surface area contributed by atoms with Crippen molar-refractivity contribution in [1.82, 2.24) is 20.0 Å². The van der Waals surface area contributed by atoms with Gasteiger partial charge in [-0.05, 0) is 18.2 Å². The molecule has 3 rings (SSSR count). The van der Waals surface area contributed by atoms with E-state index >= 15 is 0 Å². The molecule has 0 saturated carbocycles. The van der Waals surface area contributed by atoms with Crippen molar-refractivity contribution in [1.29, 1.82) is 0 Å². The second kappa shape index (κ2) is 6.55. The van der Waals surface area contributed by atoms with Crippen molar-refractivity contribution in [2.75, 3.05) is 5.32 Å². The van der Waals surface area contributed by atoms with Crippen molar-refractivity contribution in [3.05, 3.63) is 65.2 Å². The molecule has 116 valence electrons. The molecule has 0 aliphatic rings. The highest BCUT2D eigenvalue weighted by atomic mass is 35.5. The van der Waals surface area contributed by atoms with Crippen molar-refractivity contribution in [3.63, 3.8) is 0 Å². The molecule has 23 heavy (non-hydrogen) atoms. The molecule has 0 radical (unpaired) electrons. The van der Waals surface area contributed by atoms with Crippen LogP contribution in [-0.4, -0.2) is 31.0 Å². The van der Waals surface area contributed by atoms with Crippen molar-refractivity contribution in [2.45, 2.75) is 6.61 Å². The van der Waals surface area contributed by atoms with Crippen molar-refractivity contribution >= 4 is 23.2 Å². The lowest BCUT2D eigenvalue weighted by atomic mass is 10.2. The van der Waals surface area contributed by atoms with Crippen LogP contribution in [0.15, 0.2) is 48.9 Å². The third-order valence-electron chi connectivity index (χ3n) is 3.16. The fraction of sp³-hybridized carbons (Fsp3) is 0.0667. The summed E-state index contributed by atoms with van der Waals surface area (Å²) in [5, 5.41) is 20.2. The minimum Gasteiger partial charge on any atom is -0.392 e. The fourth-order valence-electron chi connectivity index (χ4n) is 1.98. The number of halogens is 1. The Bertz CT molecular complexity index is 849.